The van der Waals surface area contributed by atoms with Crippen molar-refractivity contribution in [3.63, 3.8) is 0 Å². The average molecular weight is 285 g/mol. The predicted molar refractivity (Wildman–Crippen MR) is 85.3 cm³/mol. The molecule has 0 aliphatic rings. The zero-order valence-corrected chi connectivity index (χ0v) is 12.7. The summed E-state index contributed by atoms with van der Waals surface area (Å²) in [6.45, 7) is 3.90. The minimum Gasteiger partial charge on any atom is -0.341 e. The average Bonchev–Trinajstić information content (AvgIpc) is 3.08. The summed E-state index contributed by atoms with van der Waals surface area (Å²) in [4.78, 5) is 4.65. The first kappa shape index (κ1) is 13.3. The number of rotatable bonds is 5. The smallest absolute Gasteiger partial charge is 0.0926 e. The van der Waals surface area contributed by atoms with E-state index < -0.39 is 0 Å². The van der Waals surface area contributed by atoms with Crippen LogP contribution in [-0.2, 0) is 19.5 Å². The number of nitrogens with one attached hydrogen (secondary N) is 1. The van der Waals surface area contributed by atoms with Gasteiger partial charge in [0.15, 0.2) is 0 Å². The second-order valence-electron chi connectivity index (χ2n) is 4.91. The zero-order valence-electron chi connectivity index (χ0n) is 11.9. The Labute approximate surface area is 123 Å². The molecule has 1 N–H and O–H groups in total. The Morgan fingerprint density at radius 2 is 2.20 bits per heavy atom. The Bertz CT molecular complexity index is 711. The lowest BCUT2D eigenvalue weighted by Crippen LogP contribution is -2.05. The molecule has 3 nitrogen and oxygen atoms in total. The summed E-state index contributed by atoms with van der Waals surface area (Å²) >= 11 is 1.75. The molecule has 0 bridgehead atoms. The summed E-state index contributed by atoms with van der Waals surface area (Å²) in [7, 11) is 1.98. The van der Waals surface area contributed by atoms with Crippen LogP contribution in [0.5, 0.6) is 0 Å². The molecule has 0 saturated heterocycles. The molecule has 2 aromatic heterocycles. The highest BCUT2D eigenvalue weighted by Crippen LogP contribution is 2.22. The molecular formula is C16H19N3S. The molecule has 20 heavy (non-hydrogen) atoms. The third-order valence-electron chi connectivity index (χ3n) is 3.51. The first-order valence-corrected chi connectivity index (χ1v) is 7.84. The fourth-order valence-electron chi connectivity index (χ4n) is 2.53. The van der Waals surface area contributed by atoms with Crippen molar-refractivity contribution in [1.29, 1.82) is 0 Å². The summed E-state index contributed by atoms with van der Waals surface area (Å²) < 4.78 is 2.28. The van der Waals surface area contributed by atoms with Crippen LogP contribution in [0.15, 0.2) is 35.8 Å². The summed E-state index contributed by atoms with van der Waals surface area (Å²) in [5, 5.41) is 7.94. The maximum atomic E-state index is 4.65. The van der Waals surface area contributed by atoms with Crippen LogP contribution < -0.4 is 5.32 Å². The van der Waals surface area contributed by atoms with Crippen molar-refractivity contribution < 1.29 is 0 Å². The van der Waals surface area contributed by atoms with Gasteiger partial charge in [-0.3, -0.25) is 0 Å². The number of aryl methyl sites for hydroxylation is 1. The van der Waals surface area contributed by atoms with Gasteiger partial charge in [-0.2, -0.15) is 0 Å². The molecule has 3 rings (SSSR count). The van der Waals surface area contributed by atoms with Crippen LogP contribution in [0.4, 0.5) is 0 Å². The minimum atomic E-state index is 0.850. The van der Waals surface area contributed by atoms with E-state index in [2.05, 4.69) is 57.6 Å². The molecule has 104 valence electrons. The Morgan fingerprint density at radius 3 is 2.95 bits per heavy atom. The maximum absolute atomic E-state index is 4.65. The molecule has 0 atom stereocenters. The van der Waals surface area contributed by atoms with Crippen LogP contribution in [0, 0.1) is 0 Å². The Kier molecular flexibility index (Phi) is 3.85. The van der Waals surface area contributed by atoms with E-state index in [0.29, 0.717) is 0 Å². The predicted octanol–water partition coefficient (Wildman–Crippen LogP) is 3.43. The van der Waals surface area contributed by atoms with E-state index in [0.717, 1.165) is 25.2 Å². The first-order valence-electron chi connectivity index (χ1n) is 6.96. The summed E-state index contributed by atoms with van der Waals surface area (Å²) in [6.07, 6.45) is 3.18. The number of nitrogens with zero attached hydrogens (tertiary/aromatic N) is 2. The topological polar surface area (TPSA) is 29.9 Å². The number of aromatic nitrogens is 2. The Hall–Kier alpha value is -1.65. The largest absolute Gasteiger partial charge is 0.341 e. The van der Waals surface area contributed by atoms with E-state index in [1.807, 2.05) is 7.05 Å². The normalized spacial score (nSPS) is 11.3. The van der Waals surface area contributed by atoms with Crippen molar-refractivity contribution in [1.82, 2.24) is 14.9 Å². The van der Waals surface area contributed by atoms with Gasteiger partial charge < -0.3 is 9.88 Å². The van der Waals surface area contributed by atoms with Crippen molar-refractivity contribution in [2.45, 2.75) is 26.4 Å². The van der Waals surface area contributed by atoms with Gasteiger partial charge in [-0.1, -0.05) is 19.1 Å². The van der Waals surface area contributed by atoms with E-state index in [1.165, 1.54) is 21.5 Å². The van der Waals surface area contributed by atoms with Crippen molar-refractivity contribution in [3.8, 4) is 0 Å². The van der Waals surface area contributed by atoms with Crippen molar-refractivity contribution in [2.24, 2.45) is 0 Å². The standard InChI is InChI=1S/C16H19N3S/c1-3-16-18-13(11-20-16)10-19-8-7-14-12(9-17-2)5-4-6-15(14)19/h4-8,11,17H,3,9-10H2,1-2H3. The maximum Gasteiger partial charge on any atom is 0.0926 e. The molecule has 0 saturated carbocycles. The van der Waals surface area contributed by atoms with Crippen molar-refractivity contribution >= 4 is 22.2 Å². The van der Waals surface area contributed by atoms with Gasteiger partial charge in [0.25, 0.3) is 0 Å². The van der Waals surface area contributed by atoms with E-state index in [4.69, 9.17) is 0 Å². The van der Waals surface area contributed by atoms with Crippen molar-refractivity contribution in [2.75, 3.05) is 7.05 Å². The molecule has 4 heteroatoms. The number of hydrogen-bond donors (Lipinski definition) is 1. The van der Waals surface area contributed by atoms with Gasteiger partial charge >= 0.3 is 0 Å². The van der Waals surface area contributed by atoms with Crippen LogP contribution in [-0.4, -0.2) is 16.6 Å². The molecule has 0 aliphatic heterocycles. The molecule has 0 amide bonds. The van der Waals surface area contributed by atoms with Gasteiger partial charge in [-0.05, 0) is 31.2 Å². The van der Waals surface area contributed by atoms with E-state index >= 15 is 0 Å². The van der Waals surface area contributed by atoms with Gasteiger partial charge in [0.2, 0.25) is 0 Å². The third-order valence-corrected chi connectivity index (χ3v) is 4.55. The van der Waals surface area contributed by atoms with Gasteiger partial charge in [0, 0.05) is 29.0 Å². The molecule has 1 aromatic carbocycles. The number of benzene rings is 1. The minimum absolute atomic E-state index is 0.850. The molecule has 0 spiro atoms. The molecule has 0 aliphatic carbocycles. The van der Waals surface area contributed by atoms with Gasteiger partial charge in [0.1, 0.15) is 0 Å². The van der Waals surface area contributed by atoms with Crippen LogP contribution in [0.3, 0.4) is 0 Å². The Morgan fingerprint density at radius 1 is 1.30 bits per heavy atom. The highest BCUT2D eigenvalue weighted by atomic mass is 32.1. The van der Waals surface area contributed by atoms with Crippen LogP contribution in [0.2, 0.25) is 0 Å². The van der Waals surface area contributed by atoms with Gasteiger partial charge in [-0.25, -0.2) is 4.98 Å². The fourth-order valence-corrected chi connectivity index (χ4v) is 3.26. The lowest BCUT2D eigenvalue weighted by Gasteiger charge is -2.06. The number of thiazole rings is 1. The Balaban J connectivity index is 1.94. The second-order valence-corrected chi connectivity index (χ2v) is 5.85. The quantitative estimate of drug-likeness (QED) is 0.778. The SMILES string of the molecule is CCc1nc(Cn2ccc3c(CNC)cccc32)cs1. The second kappa shape index (κ2) is 5.77. The van der Waals surface area contributed by atoms with Gasteiger partial charge in [0.05, 0.1) is 17.2 Å². The first-order chi connectivity index (χ1) is 9.81. The number of hydrogen-bond acceptors (Lipinski definition) is 3. The highest BCUT2D eigenvalue weighted by molar-refractivity contribution is 7.09. The van der Waals surface area contributed by atoms with Crippen LogP contribution in [0.25, 0.3) is 10.9 Å². The van der Waals surface area contributed by atoms with Crippen LogP contribution in [0.1, 0.15) is 23.2 Å². The monoisotopic (exact) mass is 285 g/mol. The summed E-state index contributed by atoms with van der Waals surface area (Å²) in [5.74, 6) is 0. The lowest BCUT2D eigenvalue weighted by molar-refractivity contribution is 0.806. The highest BCUT2D eigenvalue weighted by Gasteiger charge is 2.07. The molecule has 0 fully saturated rings. The lowest BCUT2D eigenvalue weighted by atomic mass is 10.1. The van der Waals surface area contributed by atoms with E-state index in [1.54, 1.807) is 11.3 Å². The third kappa shape index (κ3) is 2.49. The molecule has 3 aromatic rings. The molecule has 0 radical (unpaired) electrons. The molecule has 0 unspecified atom stereocenters. The summed E-state index contributed by atoms with van der Waals surface area (Å²) in [6, 6.07) is 8.70. The number of fused-ring (bicyclic) bond motifs is 1. The van der Waals surface area contributed by atoms with E-state index in [-0.39, 0.29) is 0 Å². The molecular weight excluding hydrogens is 266 g/mol. The van der Waals surface area contributed by atoms with Gasteiger partial charge in [-0.15, -0.1) is 11.3 Å². The summed E-state index contributed by atoms with van der Waals surface area (Å²) in [5.41, 5.74) is 3.78. The zero-order chi connectivity index (χ0) is 13.9. The fraction of sp³-hybridized carbons (Fsp3) is 0.312. The van der Waals surface area contributed by atoms with E-state index in [9.17, 15) is 0 Å². The van der Waals surface area contributed by atoms with Crippen molar-refractivity contribution in [3.05, 3.63) is 52.1 Å². The molecule has 2 heterocycles. The van der Waals surface area contributed by atoms with Crippen LogP contribution >= 0.6 is 11.3 Å².